The first-order valence-corrected chi connectivity index (χ1v) is 8.27. The van der Waals surface area contributed by atoms with Crippen molar-refractivity contribution in [2.24, 2.45) is 11.3 Å². The van der Waals surface area contributed by atoms with E-state index in [1.54, 1.807) is 6.07 Å². The zero-order chi connectivity index (χ0) is 16.8. The molecule has 2 N–H and O–H groups in total. The largest absolute Gasteiger partial charge is 0.481 e. The number of carbonyl (C=O) groups excluding carboxylic acids is 1. The first kappa shape index (κ1) is 15.5. The maximum absolute atomic E-state index is 12.8. The monoisotopic (exact) mass is 335 g/mol. The van der Waals surface area contributed by atoms with Crippen LogP contribution >= 0.6 is 0 Å². The molecule has 0 unspecified atom stereocenters. The van der Waals surface area contributed by atoms with E-state index in [1.807, 2.05) is 6.07 Å². The number of amides is 1. The van der Waals surface area contributed by atoms with E-state index in [2.05, 4.69) is 5.32 Å². The van der Waals surface area contributed by atoms with Crippen LogP contribution in [0.3, 0.4) is 0 Å². The molecule has 1 aromatic carbocycles. The Balaban J connectivity index is 2.03. The number of nitriles is 1. The topological polar surface area (TPSA) is 128 Å². The van der Waals surface area contributed by atoms with Crippen LogP contribution in [0.25, 0.3) is 0 Å². The molecule has 2 aliphatic heterocycles. The Bertz CT molecular complexity index is 844. The predicted octanol–water partition coefficient (Wildman–Crippen LogP) is -0.620. The van der Waals surface area contributed by atoms with E-state index in [-0.39, 0.29) is 30.1 Å². The maximum Gasteiger partial charge on any atom is 0.313 e. The molecule has 23 heavy (non-hydrogen) atoms. The van der Waals surface area contributed by atoms with Gasteiger partial charge in [-0.25, -0.2) is 8.42 Å². The van der Waals surface area contributed by atoms with Crippen molar-refractivity contribution in [2.75, 3.05) is 19.6 Å². The van der Waals surface area contributed by atoms with Crippen LogP contribution in [0.2, 0.25) is 0 Å². The Hall–Kier alpha value is -2.44. The standard InChI is InChI=1S/C14H13N3O5S/c15-5-9-3-1-2-4-11(9)23(21,22)17-6-10-12(18)16-7-14(10,8-17)13(19)20/h1-4,10H,6-8H2,(H,16,18)(H,19,20)/t10-,14+/m0/s1. The Morgan fingerprint density at radius 2 is 2.13 bits per heavy atom. The van der Waals surface area contributed by atoms with E-state index in [0.717, 1.165) is 4.31 Å². The van der Waals surface area contributed by atoms with Crippen molar-refractivity contribution in [3.05, 3.63) is 29.8 Å². The molecule has 120 valence electrons. The van der Waals surface area contributed by atoms with Crippen LogP contribution < -0.4 is 5.32 Å². The lowest BCUT2D eigenvalue weighted by atomic mass is 9.81. The van der Waals surface area contributed by atoms with E-state index in [0.29, 0.717) is 0 Å². The van der Waals surface area contributed by atoms with Crippen molar-refractivity contribution in [1.82, 2.24) is 9.62 Å². The van der Waals surface area contributed by atoms with Gasteiger partial charge in [0.25, 0.3) is 0 Å². The van der Waals surface area contributed by atoms with E-state index in [1.165, 1.54) is 18.2 Å². The van der Waals surface area contributed by atoms with Crippen molar-refractivity contribution < 1.29 is 23.1 Å². The number of aliphatic carboxylic acids is 1. The number of fused-ring (bicyclic) bond motifs is 1. The second-order valence-corrected chi connectivity index (χ2v) is 7.54. The third-order valence-corrected chi connectivity index (χ3v) is 6.33. The summed E-state index contributed by atoms with van der Waals surface area (Å²) >= 11 is 0. The van der Waals surface area contributed by atoms with Crippen LogP contribution in [0, 0.1) is 22.7 Å². The van der Waals surface area contributed by atoms with Crippen LogP contribution in [-0.2, 0) is 19.6 Å². The number of carbonyl (C=O) groups is 2. The van der Waals surface area contributed by atoms with Crippen LogP contribution in [0.4, 0.5) is 0 Å². The van der Waals surface area contributed by atoms with Crippen LogP contribution in [0.1, 0.15) is 5.56 Å². The van der Waals surface area contributed by atoms with E-state index < -0.39 is 33.2 Å². The molecule has 0 aliphatic carbocycles. The van der Waals surface area contributed by atoms with Crippen LogP contribution in [-0.4, -0.2) is 49.3 Å². The van der Waals surface area contributed by atoms with Gasteiger partial charge < -0.3 is 10.4 Å². The minimum absolute atomic E-state index is 0.0154. The number of sulfonamides is 1. The summed E-state index contributed by atoms with van der Waals surface area (Å²) in [6.07, 6.45) is 0. The van der Waals surface area contributed by atoms with Crippen molar-refractivity contribution >= 4 is 21.9 Å². The van der Waals surface area contributed by atoms with E-state index in [9.17, 15) is 23.1 Å². The lowest BCUT2D eigenvalue weighted by Crippen LogP contribution is -2.41. The molecule has 0 saturated carbocycles. The Morgan fingerprint density at radius 1 is 1.43 bits per heavy atom. The van der Waals surface area contributed by atoms with Gasteiger partial charge in [-0.2, -0.15) is 9.57 Å². The Morgan fingerprint density at radius 3 is 2.74 bits per heavy atom. The Labute approximate surface area is 132 Å². The summed E-state index contributed by atoms with van der Waals surface area (Å²) in [6, 6.07) is 7.53. The normalized spacial score (nSPS) is 27.3. The minimum atomic E-state index is -4.05. The minimum Gasteiger partial charge on any atom is -0.481 e. The van der Waals surface area contributed by atoms with Gasteiger partial charge in [0.15, 0.2) is 0 Å². The molecule has 1 amide bonds. The highest BCUT2D eigenvalue weighted by molar-refractivity contribution is 7.89. The highest BCUT2D eigenvalue weighted by Crippen LogP contribution is 2.42. The third kappa shape index (κ3) is 2.10. The number of nitrogens with one attached hydrogen (secondary N) is 1. The van der Waals surface area contributed by atoms with Gasteiger partial charge in [-0.05, 0) is 12.1 Å². The second-order valence-electron chi connectivity index (χ2n) is 5.64. The number of hydrogen-bond acceptors (Lipinski definition) is 5. The van der Waals surface area contributed by atoms with Crippen LogP contribution in [0.15, 0.2) is 29.2 Å². The average Bonchev–Trinajstić information content (AvgIpc) is 3.07. The summed E-state index contributed by atoms with van der Waals surface area (Å²) in [5, 5.41) is 21.0. The third-order valence-electron chi connectivity index (χ3n) is 4.46. The molecule has 0 aromatic heterocycles. The molecule has 2 saturated heterocycles. The number of hydrogen-bond donors (Lipinski definition) is 2. The molecule has 9 heteroatoms. The highest BCUT2D eigenvalue weighted by Gasteiger charge is 2.61. The summed E-state index contributed by atoms with van der Waals surface area (Å²) in [5.41, 5.74) is -1.47. The summed E-state index contributed by atoms with van der Waals surface area (Å²) in [5.74, 6) is -2.59. The molecular weight excluding hydrogens is 322 g/mol. The van der Waals surface area contributed by atoms with Gasteiger partial charge in [-0.15, -0.1) is 0 Å². The summed E-state index contributed by atoms with van der Waals surface area (Å²) in [6.45, 7) is -0.605. The van der Waals surface area contributed by atoms with Crippen molar-refractivity contribution in [1.29, 1.82) is 5.26 Å². The zero-order valence-electron chi connectivity index (χ0n) is 11.9. The summed E-state index contributed by atoms with van der Waals surface area (Å²) in [7, 11) is -4.05. The number of carboxylic acid groups (broad SMARTS) is 1. The van der Waals surface area contributed by atoms with Crippen molar-refractivity contribution in [2.45, 2.75) is 4.90 Å². The molecule has 2 aliphatic rings. The fourth-order valence-electron chi connectivity index (χ4n) is 3.15. The fraction of sp³-hybridized carbons (Fsp3) is 0.357. The molecule has 3 rings (SSSR count). The van der Waals surface area contributed by atoms with E-state index >= 15 is 0 Å². The molecular formula is C14H13N3O5S. The van der Waals surface area contributed by atoms with Gasteiger partial charge >= 0.3 is 5.97 Å². The molecule has 1 aromatic rings. The SMILES string of the molecule is N#Cc1ccccc1S(=O)(=O)N1C[C@H]2C(=O)NC[C@@]2(C(=O)O)C1. The number of rotatable bonds is 3. The van der Waals surface area contributed by atoms with Gasteiger partial charge in [0.05, 0.1) is 16.4 Å². The highest BCUT2D eigenvalue weighted by atomic mass is 32.2. The van der Waals surface area contributed by atoms with E-state index in [4.69, 9.17) is 5.26 Å². The van der Waals surface area contributed by atoms with Gasteiger partial charge in [-0.3, -0.25) is 9.59 Å². The van der Waals surface area contributed by atoms with Gasteiger partial charge in [-0.1, -0.05) is 12.1 Å². The Kier molecular flexibility index (Phi) is 3.39. The van der Waals surface area contributed by atoms with Gasteiger partial charge in [0.1, 0.15) is 11.5 Å². The first-order valence-electron chi connectivity index (χ1n) is 6.83. The van der Waals surface area contributed by atoms with Crippen molar-refractivity contribution in [3.63, 3.8) is 0 Å². The average molecular weight is 335 g/mol. The molecule has 0 spiro atoms. The zero-order valence-corrected chi connectivity index (χ0v) is 12.7. The lowest BCUT2D eigenvalue weighted by molar-refractivity contribution is -0.149. The van der Waals surface area contributed by atoms with Crippen LogP contribution in [0.5, 0.6) is 0 Å². The maximum atomic E-state index is 12.8. The fourth-order valence-corrected chi connectivity index (χ4v) is 4.81. The van der Waals surface area contributed by atoms with Crippen molar-refractivity contribution in [3.8, 4) is 6.07 Å². The molecule has 2 fully saturated rings. The second kappa shape index (κ2) is 5.04. The lowest BCUT2D eigenvalue weighted by Gasteiger charge is -2.22. The number of carboxylic acids is 1. The van der Waals surface area contributed by atoms with Gasteiger partial charge in [0.2, 0.25) is 15.9 Å². The van der Waals surface area contributed by atoms with Gasteiger partial charge in [0, 0.05) is 19.6 Å². The molecule has 8 nitrogen and oxygen atoms in total. The first-order chi connectivity index (χ1) is 10.8. The summed E-state index contributed by atoms with van der Waals surface area (Å²) in [4.78, 5) is 23.3. The molecule has 0 bridgehead atoms. The molecule has 0 radical (unpaired) electrons. The smallest absolute Gasteiger partial charge is 0.313 e. The number of nitrogens with zero attached hydrogens (tertiary/aromatic N) is 2. The quantitative estimate of drug-likeness (QED) is 0.758. The summed E-state index contributed by atoms with van der Waals surface area (Å²) < 4.78 is 26.5. The predicted molar refractivity (Wildman–Crippen MR) is 76.5 cm³/mol. The number of benzene rings is 1. The molecule has 2 atom stereocenters. The molecule has 2 heterocycles.